The minimum absolute atomic E-state index is 0.0759. The molecule has 0 fully saturated rings. The molecule has 0 aliphatic carbocycles. The highest BCUT2D eigenvalue weighted by Gasteiger charge is 2.22. The van der Waals surface area contributed by atoms with Gasteiger partial charge in [0.05, 0.1) is 5.69 Å². The number of hydrogen-bond donors (Lipinski definition) is 1. The van der Waals surface area contributed by atoms with E-state index in [1.54, 1.807) is 0 Å². The Bertz CT molecular complexity index is 307. The summed E-state index contributed by atoms with van der Waals surface area (Å²) >= 11 is 1.38. The summed E-state index contributed by atoms with van der Waals surface area (Å²) in [6, 6.07) is 0. The lowest BCUT2D eigenvalue weighted by Gasteiger charge is -2.17. The number of anilines is 1. The van der Waals surface area contributed by atoms with Crippen molar-refractivity contribution < 1.29 is 0 Å². The van der Waals surface area contributed by atoms with Gasteiger partial charge >= 0.3 is 0 Å². The number of nitrogens with two attached hydrogens (primary N) is 1. The van der Waals surface area contributed by atoms with Gasteiger partial charge in [-0.15, -0.1) is 6.58 Å². The van der Waals surface area contributed by atoms with Crippen LogP contribution >= 0.6 is 11.5 Å². The highest BCUT2D eigenvalue weighted by atomic mass is 32.1. The van der Waals surface area contributed by atoms with Crippen LogP contribution in [-0.4, -0.2) is 4.37 Å². The van der Waals surface area contributed by atoms with Gasteiger partial charge in [-0.05, 0) is 18.0 Å². The second-order valence-electron chi connectivity index (χ2n) is 4.12. The normalized spacial score (nSPS) is 11.6. The molecule has 0 atom stereocenters. The van der Waals surface area contributed by atoms with Gasteiger partial charge < -0.3 is 5.73 Å². The van der Waals surface area contributed by atoms with Crippen molar-refractivity contribution in [3.05, 3.63) is 23.9 Å². The summed E-state index contributed by atoms with van der Waals surface area (Å²) in [6.45, 7) is 10.2. The molecule has 0 aliphatic heterocycles. The molecule has 0 unspecified atom stereocenters. The molecule has 1 heterocycles. The lowest BCUT2D eigenvalue weighted by Crippen LogP contribution is -2.14. The van der Waals surface area contributed by atoms with E-state index < -0.39 is 0 Å². The zero-order valence-corrected chi connectivity index (χ0v) is 9.24. The van der Waals surface area contributed by atoms with Crippen LogP contribution in [-0.2, 0) is 11.8 Å². The van der Waals surface area contributed by atoms with E-state index >= 15 is 0 Å². The topological polar surface area (TPSA) is 38.9 Å². The first-order valence-electron chi connectivity index (χ1n) is 4.32. The number of allylic oxidation sites excluding steroid dienone is 1. The molecule has 1 rings (SSSR count). The summed E-state index contributed by atoms with van der Waals surface area (Å²) in [4.78, 5) is 0. The third-order valence-electron chi connectivity index (χ3n) is 1.88. The van der Waals surface area contributed by atoms with Crippen LogP contribution in [0, 0.1) is 0 Å². The molecule has 0 saturated carbocycles. The highest BCUT2D eigenvalue weighted by molar-refractivity contribution is 7.10. The third kappa shape index (κ3) is 2.10. The van der Waals surface area contributed by atoms with Crippen LogP contribution in [0.2, 0.25) is 0 Å². The van der Waals surface area contributed by atoms with Crippen molar-refractivity contribution in [2.75, 3.05) is 5.73 Å². The van der Waals surface area contributed by atoms with E-state index in [0.29, 0.717) is 0 Å². The molecule has 3 heteroatoms. The molecular formula is C10H16N2S. The molecule has 72 valence electrons. The van der Waals surface area contributed by atoms with Crippen LogP contribution in [0.25, 0.3) is 0 Å². The van der Waals surface area contributed by atoms with Gasteiger partial charge in [0.25, 0.3) is 0 Å². The van der Waals surface area contributed by atoms with E-state index in [1.807, 2.05) is 6.08 Å². The second kappa shape index (κ2) is 3.50. The van der Waals surface area contributed by atoms with Gasteiger partial charge in [0.1, 0.15) is 5.00 Å². The zero-order chi connectivity index (χ0) is 10.1. The predicted molar refractivity (Wildman–Crippen MR) is 59.1 cm³/mol. The maximum Gasteiger partial charge on any atom is 0.110 e. The molecule has 0 aliphatic rings. The number of aromatic nitrogens is 1. The molecule has 0 spiro atoms. The minimum Gasteiger partial charge on any atom is -0.389 e. The van der Waals surface area contributed by atoms with Gasteiger partial charge in [0, 0.05) is 11.0 Å². The van der Waals surface area contributed by atoms with Crippen LogP contribution in [0.1, 0.15) is 32.0 Å². The maximum atomic E-state index is 5.83. The molecule has 0 bridgehead atoms. The molecule has 1 aromatic heterocycles. The molecule has 2 nitrogen and oxygen atoms in total. The van der Waals surface area contributed by atoms with E-state index in [1.165, 1.54) is 11.5 Å². The van der Waals surface area contributed by atoms with E-state index in [-0.39, 0.29) is 5.41 Å². The van der Waals surface area contributed by atoms with Gasteiger partial charge in [-0.1, -0.05) is 26.8 Å². The fraction of sp³-hybridized carbons (Fsp3) is 0.500. The van der Waals surface area contributed by atoms with E-state index in [0.717, 1.165) is 22.7 Å². The third-order valence-corrected chi connectivity index (χ3v) is 2.59. The zero-order valence-electron chi connectivity index (χ0n) is 8.42. The Morgan fingerprint density at radius 1 is 1.54 bits per heavy atom. The molecular weight excluding hydrogens is 180 g/mol. The number of rotatable bonds is 2. The number of hydrogen-bond acceptors (Lipinski definition) is 3. The quantitative estimate of drug-likeness (QED) is 0.739. The van der Waals surface area contributed by atoms with Gasteiger partial charge in [-0.2, -0.15) is 4.37 Å². The van der Waals surface area contributed by atoms with Crippen LogP contribution in [0.3, 0.4) is 0 Å². The number of nitrogen functional groups attached to an aromatic ring is 1. The van der Waals surface area contributed by atoms with Crippen molar-refractivity contribution in [2.45, 2.75) is 32.6 Å². The first kappa shape index (κ1) is 10.3. The summed E-state index contributed by atoms with van der Waals surface area (Å²) < 4.78 is 4.37. The second-order valence-corrected chi connectivity index (χ2v) is 4.92. The molecule has 13 heavy (non-hydrogen) atoms. The summed E-state index contributed by atoms with van der Waals surface area (Å²) in [7, 11) is 0. The van der Waals surface area contributed by atoms with Gasteiger partial charge in [0.15, 0.2) is 0 Å². The van der Waals surface area contributed by atoms with Crippen LogP contribution in [0.5, 0.6) is 0 Å². The average Bonchev–Trinajstić information content (AvgIpc) is 2.32. The first-order valence-corrected chi connectivity index (χ1v) is 5.09. The Labute approximate surface area is 83.6 Å². The predicted octanol–water partition coefficient (Wildman–Crippen LogP) is 2.75. The monoisotopic (exact) mass is 196 g/mol. The standard InChI is InChI=1S/C10H16N2S/c1-5-6-7-8(10(2,3)4)12-13-9(7)11/h5H,1,6,11H2,2-4H3. The Kier molecular flexibility index (Phi) is 2.76. The van der Waals surface area contributed by atoms with E-state index in [2.05, 4.69) is 31.7 Å². The van der Waals surface area contributed by atoms with Crippen LogP contribution in [0.15, 0.2) is 12.7 Å². The van der Waals surface area contributed by atoms with Gasteiger partial charge in [-0.3, -0.25) is 0 Å². The summed E-state index contributed by atoms with van der Waals surface area (Å²) in [5.74, 6) is 0. The summed E-state index contributed by atoms with van der Waals surface area (Å²) in [5.41, 5.74) is 8.16. The fourth-order valence-electron chi connectivity index (χ4n) is 1.25. The Morgan fingerprint density at radius 2 is 2.15 bits per heavy atom. The van der Waals surface area contributed by atoms with Crippen molar-refractivity contribution in [3.63, 3.8) is 0 Å². The van der Waals surface area contributed by atoms with E-state index in [4.69, 9.17) is 5.73 Å². The highest BCUT2D eigenvalue weighted by Crippen LogP contribution is 2.31. The maximum absolute atomic E-state index is 5.83. The van der Waals surface area contributed by atoms with Crippen molar-refractivity contribution in [1.29, 1.82) is 0 Å². The lowest BCUT2D eigenvalue weighted by atomic mass is 9.88. The molecule has 2 N–H and O–H groups in total. The van der Waals surface area contributed by atoms with Crippen molar-refractivity contribution in [3.8, 4) is 0 Å². The smallest absolute Gasteiger partial charge is 0.110 e. The van der Waals surface area contributed by atoms with Crippen LogP contribution < -0.4 is 5.73 Å². The summed E-state index contributed by atoms with van der Waals surface area (Å²) in [6.07, 6.45) is 2.68. The van der Waals surface area contributed by atoms with Crippen LogP contribution in [0.4, 0.5) is 5.00 Å². The number of nitrogens with zero attached hydrogens (tertiary/aromatic N) is 1. The van der Waals surface area contributed by atoms with Crippen molar-refractivity contribution >= 4 is 16.5 Å². The SMILES string of the molecule is C=CCc1c(C(C)(C)C)nsc1N. The van der Waals surface area contributed by atoms with Crippen molar-refractivity contribution in [2.24, 2.45) is 0 Å². The Hall–Kier alpha value is -0.830. The molecule has 1 aromatic rings. The van der Waals surface area contributed by atoms with Crippen molar-refractivity contribution in [1.82, 2.24) is 4.37 Å². The summed E-state index contributed by atoms with van der Waals surface area (Å²) in [5, 5.41) is 0.824. The molecule has 0 aromatic carbocycles. The first-order chi connectivity index (χ1) is 5.96. The Morgan fingerprint density at radius 3 is 2.62 bits per heavy atom. The fourth-order valence-corrected chi connectivity index (χ4v) is 2.12. The lowest BCUT2D eigenvalue weighted by molar-refractivity contribution is 0.570. The largest absolute Gasteiger partial charge is 0.389 e. The van der Waals surface area contributed by atoms with E-state index in [9.17, 15) is 0 Å². The molecule has 0 radical (unpaired) electrons. The van der Waals surface area contributed by atoms with Gasteiger partial charge in [0.2, 0.25) is 0 Å². The average molecular weight is 196 g/mol. The van der Waals surface area contributed by atoms with Gasteiger partial charge in [-0.25, -0.2) is 0 Å². The molecule has 0 amide bonds. The Balaban J connectivity index is 3.14. The molecule has 0 saturated heterocycles. The minimum atomic E-state index is 0.0759.